The third kappa shape index (κ3) is 4.89. The van der Waals surface area contributed by atoms with Crippen LogP contribution in [0, 0.1) is 0 Å². The molecule has 0 radical (unpaired) electrons. The summed E-state index contributed by atoms with van der Waals surface area (Å²) in [4.78, 5) is 17.6. The van der Waals surface area contributed by atoms with Gasteiger partial charge in [-0.3, -0.25) is 4.79 Å². The molecule has 28 heavy (non-hydrogen) atoms. The molecule has 0 aliphatic carbocycles. The van der Waals surface area contributed by atoms with Crippen LogP contribution in [0.15, 0.2) is 34.2 Å². The van der Waals surface area contributed by atoms with Crippen LogP contribution >= 0.6 is 39.7 Å². The van der Waals surface area contributed by atoms with E-state index in [-0.39, 0.29) is 18.2 Å². The molecular weight excluding hydrogens is 464 g/mol. The molecule has 2 heterocycles. The van der Waals surface area contributed by atoms with Crippen molar-refractivity contribution < 1.29 is 14.6 Å². The fourth-order valence-electron chi connectivity index (χ4n) is 3.47. The first-order chi connectivity index (χ1) is 12.8. The Bertz CT molecular complexity index is 943. The van der Waals surface area contributed by atoms with Crippen molar-refractivity contribution in [2.24, 2.45) is 0 Å². The lowest BCUT2D eigenvalue weighted by Gasteiger charge is -2.27. The summed E-state index contributed by atoms with van der Waals surface area (Å²) in [5.41, 5.74) is 2.15. The lowest BCUT2D eigenvalue weighted by atomic mass is 9.90. The van der Waals surface area contributed by atoms with Crippen LogP contribution in [0.4, 0.5) is 0 Å². The molecule has 0 fully saturated rings. The molecule has 1 aromatic carbocycles. The lowest BCUT2D eigenvalue weighted by Crippen LogP contribution is -2.33. The van der Waals surface area contributed by atoms with E-state index < -0.39 is 5.60 Å². The molecule has 0 saturated carbocycles. The molecular formula is C20H24BrClN2O3S. The number of aromatic hydroxyl groups is 1. The van der Waals surface area contributed by atoms with E-state index >= 15 is 0 Å². The van der Waals surface area contributed by atoms with Gasteiger partial charge in [-0.25, -0.2) is 0 Å². The van der Waals surface area contributed by atoms with E-state index in [4.69, 9.17) is 4.74 Å². The monoisotopic (exact) mass is 486 g/mol. The van der Waals surface area contributed by atoms with Crippen molar-refractivity contribution in [3.05, 3.63) is 50.3 Å². The number of halogens is 2. The van der Waals surface area contributed by atoms with Gasteiger partial charge in [0.15, 0.2) is 0 Å². The number of fused-ring (bicyclic) bond motifs is 1. The molecule has 0 amide bonds. The molecule has 5 nitrogen and oxygen atoms in total. The Morgan fingerprint density at radius 1 is 1.39 bits per heavy atom. The number of hydrogen-bond acceptors (Lipinski definition) is 5. The summed E-state index contributed by atoms with van der Waals surface area (Å²) in [6.45, 7) is 3.07. The molecule has 2 aromatic heterocycles. The minimum atomic E-state index is -0.667. The zero-order valence-corrected chi connectivity index (χ0v) is 19.2. The summed E-state index contributed by atoms with van der Waals surface area (Å²) in [5, 5.41) is 13.6. The Morgan fingerprint density at radius 3 is 2.75 bits per heavy atom. The number of nitrogens with zero attached hydrogens (tertiary/aromatic N) is 1. The van der Waals surface area contributed by atoms with Crippen molar-refractivity contribution >= 4 is 57.0 Å². The van der Waals surface area contributed by atoms with Gasteiger partial charge < -0.3 is 19.7 Å². The third-order valence-electron chi connectivity index (χ3n) is 4.58. The standard InChI is InChI=1S/C20H23BrN2O3S.ClH/c1-20(26-12-24,9-14-5-4-6-27-14)8-13-10-22-17-7-16(21)19(25)15(18(13)17)11-23(2)3;/h4-7,10,12,22,25H,8-9,11H2,1-3H3;1H. The molecule has 3 rings (SSSR count). The highest BCUT2D eigenvalue weighted by atomic mass is 79.9. The van der Waals surface area contributed by atoms with Crippen LogP contribution in [0.25, 0.3) is 10.9 Å². The first-order valence-electron chi connectivity index (χ1n) is 8.62. The van der Waals surface area contributed by atoms with Crippen LogP contribution in [-0.2, 0) is 28.9 Å². The van der Waals surface area contributed by atoms with Crippen molar-refractivity contribution in [3.8, 4) is 5.75 Å². The van der Waals surface area contributed by atoms with Gasteiger partial charge in [-0.2, -0.15) is 0 Å². The van der Waals surface area contributed by atoms with Crippen molar-refractivity contribution in [1.29, 1.82) is 0 Å². The van der Waals surface area contributed by atoms with Gasteiger partial charge in [0, 0.05) is 46.9 Å². The zero-order valence-electron chi connectivity index (χ0n) is 16.0. The molecule has 8 heteroatoms. The molecule has 2 N–H and O–H groups in total. The number of thiophene rings is 1. The number of rotatable bonds is 8. The van der Waals surface area contributed by atoms with Crippen LogP contribution in [-0.4, -0.2) is 41.2 Å². The number of ether oxygens (including phenoxy) is 1. The van der Waals surface area contributed by atoms with E-state index in [2.05, 4.69) is 20.9 Å². The van der Waals surface area contributed by atoms with Gasteiger partial charge in [-0.1, -0.05) is 6.07 Å². The highest BCUT2D eigenvalue weighted by Crippen LogP contribution is 2.38. The van der Waals surface area contributed by atoms with Gasteiger partial charge in [0.2, 0.25) is 0 Å². The largest absolute Gasteiger partial charge is 0.506 e. The molecule has 0 aliphatic rings. The maximum atomic E-state index is 11.2. The number of phenolic OH excluding ortho intramolecular Hbond substituents is 1. The van der Waals surface area contributed by atoms with Crippen molar-refractivity contribution in [1.82, 2.24) is 9.88 Å². The lowest BCUT2D eigenvalue weighted by molar-refractivity contribution is -0.141. The van der Waals surface area contributed by atoms with Gasteiger partial charge in [0.25, 0.3) is 6.47 Å². The molecule has 0 aliphatic heterocycles. The number of carbonyl (C=O) groups excluding carboxylic acids is 1. The number of benzene rings is 1. The molecule has 0 bridgehead atoms. The number of hydrogen-bond donors (Lipinski definition) is 2. The van der Waals surface area contributed by atoms with Crippen LogP contribution in [0.1, 0.15) is 22.9 Å². The minimum Gasteiger partial charge on any atom is -0.506 e. The second kappa shape index (κ2) is 9.31. The van der Waals surface area contributed by atoms with E-state index in [0.717, 1.165) is 22.0 Å². The summed E-state index contributed by atoms with van der Waals surface area (Å²) >= 11 is 5.09. The average Bonchev–Trinajstić information content (AvgIpc) is 3.21. The predicted octanol–water partition coefficient (Wildman–Crippen LogP) is 4.90. The number of aromatic nitrogens is 1. The van der Waals surface area contributed by atoms with Gasteiger partial charge in [0.05, 0.1) is 4.47 Å². The fourth-order valence-corrected chi connectivity index (χ4v) is 4.81. The topological polar surface area (TPSA) is 65.6 Å². The van der Waals surface area contributed by atoms with E-state index in [9.17, 15) is 9.90 Å². The van der Waals surface area contributed by atoms with Gasteiger partial charge in [-0.15, -0.1) is 23.7 Å². The SMILES string of the molecule is CN(C)Cc1c(O)c(Br)cc2[nH]cc(CC(C)(Cc3cccs3)OC=O)c12.Cl. The first kappa shape index (κ1) is 22.7. The maximum absolute atomic E-state index is 11.2. The molecule has 152 valence electrons. The van der Waals surface area contributed by atoms with E-state index in [1.807, 2.05) is 55.7 Å². The molecule has 1 unspecified atom stereocenters. The average molecular weight is 488 g/mol. The molecule has 3 aromatic rings. The Balaban J connectivity index is 0.00000280. The number of nitrogens with one attached hydrogen (secondary N) is 1. The third-order valence-corrected chi connectivity index (χ3v) is 6.06. The summed E-state index contributed by atoms with van der Waals surface area (Å²) in [6.07, 6.45) is 3.13. The van der Waals surface area contributed by atoms with Crippen LogP contribution in [0.2, 0.25) is 0 Å². The van der Waals surface area contributed by atoms with Crippen LogP contribution < -0.4 is 0 Å². The molecule has 0 spiro atoms. The van der Waals surface area contributed by atoms with Gasteiger partial charge >= 0.3 is 0 Å². The summed E-state index contributed by atoms with van der Waals surface area (Å²) in [7, 11) is 3.93. The number of H-pyrrole nitrogens is 1. The Labute approximate surface area is 183 Å². The second-order valence-electron chi connectivity index (χ2n) is 7.26. The Kier molecular flexibility index (Phi) is 7.56. The Morgan fingerprint density at radius 2 is 2.14 bits per heavy atom. The van der Waals surface area contributed by atoms with E-state index in [0.29, 0.717) is 30.3 Å². The smallest absolute Gasteiger partial charge is 0.293 e. The van der Waals surface area contributed by atoms with E-state index in [1.165, 1.54) is 4.88 Å². The maximum Gasteiger partial charge on any atom is 0.293 e. The Hall–Kier alpha value is -1.54. The first-order valence-corrected chi connectivity index (χ1v) is 10.3. The normalized spacial score (nSPS) is 13.3. The summed E-state index contributed by atoms with van der Waals surface area (Å²) in [5.74, 6) is 0.244. The summed E-state index contributed by atoms with van der Waals surface area (Å²) < 4.78 is 6.19. The second-order valence-corrected chi connectivity index (χ2v) is 9.14. The van der Waals surface area contributed by atoms with Crippen molar-refractivity contribution in [2.45, 2.75) is 31.9 Å². The zero-order chi connectivity index (χ0) is 19.6. The fraction of sp³-hybridized carbons (Fsp3) is 0.350. The van der Waals surface area contributed by atoms with E-state index in [1.54, 1.807) is 11.3 Å². The van der Waals surface area contributed by atoms with Gasteiger partial charge in [0.1, 0.15) is 11.4 Å². The van der Waals surface area contributed by atoms with Crippen molar-refractivity contribution in [2.75, 3.05) is 14.1 Å². The molecule has 0 saturated heterocycles. The van der Waals surface area contributed by atoms with Crippen LogP contribution in [0.3, 0.4) is 0 Å². The quantitative estimate of drug-likeness (QED) is 0.444. The summed E-state index contributed by atoms with van der Waals surface area (Å²) in [6, 6.07) is 5.93. The predicted molar refractivity (Wildman–Crippen MR) is 120 cm³/mol. The van der Waals surface area contributed by atoms with Crippen molar-refractivity contribution in [3.63, 3.8) is 0 Å². The number of phenols is 1. The minimum absolute atomic E-state index is 0. The highest BCUT2D eigenvalue weighted by molar-refractivity contribution is 9.10. The van der Waals surface area contributed by atoms with Gasteiger partial charge in [-0.05, 0) is 60.0 Å². The number of carbonyl (C=O) groups is 1. The highest BCUT2D eigenvalue weighted by Gasteiger charge is 2.29. The van der Waals surface area contributed by atoms with Crippen LogP contribution in [0.5, 0.6) is 5.75 Å². The number of aromatic amines is 1. The molecule has 1 atom stereocenters.